The molecule has 0 N–H and O–H groups in total. The maximum Gasteiger partial charge on any atom is 0.175 e. The van der Waals surface area contributed by atoms with Gasteiger partial charge in [-0.05, 0) is 69.0 Å². The summed E-state index contributed by atoms with van der Waals surface area (Å²) >= 11 is 0. The monoisotopic (exact) mass is 361 g/mol. The molecule has 136 valence electrons. The van der Waals surface area contributed by atoms with E-state index in [-0.39, 0.29) is 0 Å². The van der Waals surface area contributed by atoms with Crippen molar-refractivity contribution in [3.05, 3.63) is 47.8 Å². The second-order valence-electron chi connectivity index (χ2n) is 6.96. The van der Waals surface area contributed by atoms with Crippen molar-refractivity contribution in [3.8, 4) is 0 Å². The van der Waals surface area contributed by atoms with Crippen molar-refractivity contribution >= 4 is 9.84 Å². The van der Waals surface area contributed by atoms with Crippen molar-refractivity contribution in [2.75, 3.05) is 19.3 Å². The Morgan fingerprint density at radius 2 is 1.84 bits per heavy atom. The van der Waals surface area contributed by atoms with Crippen LogP contribution in [0.25, 0.3) is 0 Å². The SMILES string of the molecule is CCn1cc(C2CCN(C(C)c3ccc(S(C)(=O)=O)cc3)CC2)cn1. The van der Waals surface area contributed by atoms with Gasteiger partial charge in [-0.15, -0.1) is 0 Å². The number of rotatable bonds is 5. The number of sulfone groups is 1. The predicted molar refractivity (Wildman–Crippen MR) is 99.4 cm³/mol. The smallest absolute Gasteiger partial charge is 0.175 e. The summed E-state index contributed by atoms with van der Waals surface area (Å²) in [5.41, 5.74) is 2.52. The number of aryl methyl sites for hydroxylation is 1. The van der Waals surface area contributed by atoms with Crippen molar-refractivity contribution < 1.29 is 8.42 Å². The van der Waals surface area contributed by atoms with E-state index in [0.29, 0.717) is 16.9 Å². The molecule has 1 aliphatic heterocycles. The van der Waals surface area contributed by atoms with Gasteiger partial charge >= 0.3 is 0 Å². The number of likely N-dealkylation sites (tertiary alicyclic amines) is 1. The highest BCUT2D eigenvalue weighted by molar-refractivity contribution is 7.90. The topological polar surface area (TPSA) is 55.2 Å². The Balaban J connectivity index is 1.62. The highest BCUT2D eigenvalue weighted by atomic mass is 32.2. The minimum atomic E-state index is -3.13. The zero-order chi connectivity index (χ0) is 18.0. The molecule has 25 heavy (non-hydrogen) atoms. The van der Waals surface area contributed by atoms with Gasteiger partial charge in [-0.25, -0.2) is 8.42 Å². The summed E-state index contributed by atoms with van der Waals surface area (Å²) in [7, 11) is -3.13. The fourth-order valence-electron chi connectivity index (χ4n) is 3.59. The minimum Gasteiger partial charge on any atom is -0.297 e. The van der Waals surface area contributed by atoms with Crippen LogP contribution in [-0.2, 0) is 16.4 Å². The lowest BCUT2D eigenvalue weighted by molar-refractivity contribution is 0.162. The molecule has 1 fully saturated rings. The van der Waals surface area contributed by atoms with E-state index in [0.717, 1.165) is 32.5 Å². The van der Waals surface area contributed by atoms with E-state index >= 15 is 0 Å². The first-order valence-electron chi connectivity index (χ1n) is 8.95. The van der Waals surface area contributed by atoms with Crippen LogP contribution in [0, 0.1) is 0 Å². The van der Waals surface area contributed by atoms with E-state index < -0.39 is 9.84 Å². The number of hydrogen-bond donors (Lipinski definition) is 0. The summed E-state index contributed by atoms with van der Waals surface area (Å²) in [6.45, 7) is 7.33. The third kappa shape index (κ3) is 4.12. The van der Waals surface area contributed by atoms with Gasteiger partial charge in [0.1, 0.15) is 0 Å². The minimum absolute atomic E-state index is 0.299. The Morgan fingerprint density at radius 3 is 2.36 bits per heavy atom. The molecule has 0 amide bonds. The first-order valence-corrected chi connectivity index (χ1v) is 10.8. The molecule has 0 bridgehead atoms. The van der Waals surface area contributed by atoms with Crippen molar-refractivity contribution in [2.45, 2.75) is 50.1 Å². The molecule has 1 aromatic carbocycles. The number of hydrogen-bond acceptors (Lipinski definition) is 4. The van der Waals surface area contributed by atoms with E-state index in [4.69, 9.17) is 0 Å². The maximum atomic E-state index is 11.6. The number of aromatic nitrogens is 2. The third-order valence-electron chi connectivity index (χ3n) is 5.32. The second-order valence-corrected chi connectivity index (χ2v) is 8.97. The van der Waals surface area contributed by atoms with Crippen molar-refractivity contribution in [3.63, 3.8) is 0 Å². The Morgan fingerprint density at radius 1 is 1.20 bits per heavy atom. The van der Waals surface area contributed by atoms with Gasteiger partial charge in [0.05, 0.1) is 11.1 Å². The molecule has 0 aliphatic carbocycles. The summed E-state index contributed by atoms with van der Waals surface area (Å²) in [5.74, 6) is 0.594. The first kappa shape index (κ1) is 18.1. The van der Waals surface area contributed by atoms with E-state index in [9.17, 15) is 8.42 Å². The van der Waals surface area contributed by atoms with Crippen LogP contribution < -0.4 is 0 Å². The Kier molecular flexibility index (Phi) is 5.29. The number of piperidine rings is 1. The summed E-state index contributed by atoms with van der Waals surface area (Å²) in [4.78, 5) is 2.87. The van der Waals surface area contributed by atoms with Crippen LogP contribution in [0.1, 0.15) is 49.8 Å². The van der Waals surface area contributed by atoms with Crippen molar-refractivity contribution in [1.82, 2.24) is 14.7 Å². The highest BCUT2D eigenvalue weighted by Crippen LogP contribution is 2.32. The molecule has 5 nitrogen and oxygen atoms in total. The molecular weight excluding hydrogens is 334 g/mol. The number of benzene rings is 1. The zero-order valence-electron chi connectivity index (χ0n) is 15.2. The lowest BCUT2D eigenvalue weighted by Crippen LogP contribution is -2.35. The van der Waals surface area contributed by atoms with Crippen LogP contribution in [-0.4, -0.2) is 42.4 Å². The van der Waals surface area contributed by atoms with E-state index in [1.807, 2.05) is 23.0 Å². The average molecular weight is 362 g/mol. The van der Waals surface area contributed by atoms with Crippen LogP contribution in [0.3, 0.4) is 0 Å². The van der Waals surface area contributed by atoms with Crippen molar-refractivity contribution in [2.24, 2.45) is 0 Å². The lowest BCUT2D eigenvalue weighted by Gasteiger charge is -2.36. The maximum absolute atomic E-state index is 11.6. The van der Waals surface area contributed by atoms with Crippen LogP contribution in [0.2, 0.25) is 0 Å². The normalized spacial score (nSPS) is 18.4. The molecule has 1 saturated heterocycles. The molecule has 0 saturated carbocycles. The van der Waals surface area contributed by atoms with Crippen LogP contribution in [0.5, 0.6) is 0 Å². The van der Waals surface area contributed by atoms with Gasteiger partial charge in [0, 0.05) is 25.0 Å². The number of nitrogens with zero attached hydrogens (tertiary/aromatic N) is 3. The Labute approximate surface area is 150 Å². The van der Waals surface area contributed by atoms with Gasteiger partial charge in [-0.3, -0.25) is 9.58 Å². The van der Waals surface area contributed by atoms with Gasteiger partial charge in [-0.1, -0.05) is 12.1 Å². The fraction of sp³-hybridized carbons (Fsp3) is 0.526. The summed E-state index contributed by atoms with van der Waals surface area (Å²) in [6, 6.07) is 7.62. The predicted octanol–water partition coefficient (Wildman–Crippen LogP) is 3.25. The van der Waals surface area contributed by atoms with Crippen LogP contribution >= 0.6 is 0 Å². The van der Waals surface area contributed by atoms with E-state index in [2.05, 4.69) is 30.0 Å². The summed E-state index contributed by atoms with van der Waals surface area (Å²) < 4.78 is 25.2. The van der Waals surface area contributed by atoms with E-state index in [1.165, 1.54) is 17.4 Å². The largest absolute Gasteiger partial charge is 0.297 e. The fourth-order valence-corrected chi connectivity index (χ4v) is 4.22. The molecule has 0 radical (unpaired) electrons. The molecule has 2 aromatic rings. The van der Waals surface area contributed by atoms with Crippen molar-refractivity contribution in [1.29, 1.82) is 0 Å². The van der Waals surface area contributed by atoms with Gasteiger partial charge < -0.3 is 0 Å². The molecule has 0 spiro atoms. The Bertz CT molecular complexity index is 803. The molecule has 1 aliphatic rings. The average Bonchev–Trinajstić information content (AvgIpc) is 3.10. The standard InChI is InChI=1S/C19H27N3O2S/c1-4-22-14-18(13-20-22)17-9-11-21(12-10-17)15(2)16-5-7-19(8-6-16)25(3,23)24/h5-8,13-15,17H,4,9-12H2,1-3H3. The molecular formula is C19H27N3O2S. The molecule has 6 heteroatoms. The summed E-state index contributed by atoms with van der Waals surface area (Å²) in [5, 5.41) is 4.39. The molecule has 3 rings (SSSR count). The van der Waals surface area contributed by atoms with Gasteiger partial charge in [0.15, 0.2) is 9.84 Å². The third-order valence-corrected chi connectivity index (χ3v) is 6.45. The second kappa shape index (κ2) is 7.30. The highest BCUT2D eigenvalue weighted by Gasteiger charge is 2.25. The zero-order valence-corrected chi connectivity index (χ0v) is 16.0. The van der Waals surface area contributed by atoms with Gasteiger partial charge in [0.2, 0.25) is 0 Å². The molecule has 1 atom stereocenters. The van der Waals surface area contributed by atoms with Crippen LogP contribution in [0.4, 0.5) is 0 Å². The molecule has 2 heterocycles. The quantitative estimate of drug-likeness (QED) is 0.820. The summed E-state index contributed by atoms with van der Waals surface area (Å²) in [6.07, 6.45) is 7.71. The molecule has 1 aromatic heterocycles. The Hall–Kier alpha value is -1.66. The van der Waals surface area contributed by atoms with E-state index in [1.54, 1.807) is 12.1 Å². The molecule has 1 unspecified atom stereocenters. The first-order chi connectivity index (χ1) is 11.9. The lowest BCUT2D eigenvalue weighted by atomic mass is 9.90. The van der Waals surface area contributed by atoms with Crippen LogP contribution in [0.15, 0.2) is 41.6 Å². The van der Waals surface area contributed by atoms with Gasteiger partial charge in [-0.2, -0.15) is 5.10 Å². The van der Waals surface area contributed by atoms with Gasteiger partial charge in [0.25, 0.3) is 0 Å².